The summed E-state index contributed by atoms with van der Waals surface area (Å²) in [5.74, 6) is 1.01. The topological polar surface area (TPSA) is 85.0 Å². The number of halogens is 1. The molecule has 0 saturated carbocycles. The minimum Gasteiger partial charge on any atom is -0.468 e. The van der Waals surface area contributed by atoms with Crippen molar-refractivity contribution >= 4 is 34.3 Å². The molecular weight excluding hydrogens is 468 g/mol. The van der Waals surface area contributed by atoms with Crippen LogP contribution in [0.5, 0.6) is 0 Å². The summed E-state index contributed by atoms with van der Waals surface area (Å²) in [5.41, 5.74) is 2.61. The minimum atomic E-state index is -0.477. The SMILES string of the molecule is COC(=O)C(c1ccc(Cl)cc1)N1CCN(Cc2nnc3n(C)c(=O)c4cc(C)ccc4n23)CC1. The first-order chi connectivity index (χ1) is 16.9. The van der Waals surface area contributed by atoms with Crippen molar-refractivity contribution in [3.63, 3.8) is 0 Å². The highest BCUT2D eigenvalue weighted by Crippen LogP contribution is 2.26. The second-order valence-electron chi connectivity index (χ2n) is 8.93. The third kappa shape index (κ3) is 4.31. The highest BCUT2D eigenvalue weighted by molar-refractivity contribution is 6.30. The molecule has 35 heavy (non-hydrogen) atoms. The number of fused-ring (bicyclic) bond motifs is 3. The van der Waals surface area contributed by atoms with Crippen LogP contribution >= 0.6 is 11.6 Å². The number of hydrogen-bond donors (Lipinski definition) is 0. The molecule has 0 aliphatic carbocycles. The van der Waals surface area contributed by atoms with Crippen LogP contribution in [0.25, 0.3) is 16.7 Å². The Balaban J connectivity index is 1.38. The van der Waals surface area contributed by atoms with Crippen LogP contribution in [0.2, 0.25) is 5.02 Å². The number of carbonyl (C=O) groups is 1. The molecule has 1 unspecified atom stereocenters. The number of nitrogens with zero attached hydrogens (tertiary/aromatic N) is 6. The lowest BCUT2D eigenvalue weighted by Gasteiger charge is -2.38. The number of hydrogen-bond acceptors (Lipinski definition) is 7. The summed E-state index contributed by atoms with van der Waals surface area (Å²) in [6.45, 7) is 5.44. The van der Waals surface area contributed by atoms with E-state index in [2.05, 4.69) is 20.0 Å². The van der Waals surface area contributed by atoms with Gasteiger partial charge in [-0.15, -0.1) is 10.2 Å². The quantitative estimate of drug-likeness (QED) is 0.394. The molecule has 1 aliphatic heterocycles. The van der Waals surface area contributed by atoms with E-state index in [0.29, 0.717) is 35.8 Å². The summed E-state index contributed by atoms with van der Waals surface area (Å²) >= 11 is 6.04. The molecule has 9 nitrogen and oxygen atoms in total. The molecule has 0 radical (unpaired) electrons. The van der Waals surface area contributed by atoms with Crippen LogP contribution in [0.15, 0.2) is 47.3 Å². The zero-order chi connectivity index (χ0) is 24.7. The third-order valence-corrected chi connectivity index (χ3v) is 6.94. The summed E-state index contributed by atoms with van der Waals surface area (Å²) < 4.78 is 8.61. The van der Waals surface area contributed by atoms with Crippen LogP contribution in [-0.2, 0) is 23.1 Å². The summed E-state index contributed by atoms with van der Waals surface area (Å²) in [4.78, 5) is 29.9. The summed E-state index contributed by atoms with van der Waals surface area (Å²) in [6, 6.07) is 12.7. The molecule has 182 valence electrons. The van der Waals surface area contributed by atoms with Crippen LogP contribution in [0.4, 0.5) is 0 Å². The second kappa shape index (κ2) is 9.41. The van der Waals surface area contributed by atoms with Gasteiger partial charge in [0.25, 0.3) is 5.56 Å². The van der Waals surface area contributed by atoms with Crippen LogP contribution in [0.1, 0.15) is 23.0 Å². The van der Waals surface area contributed by atoms with Crippen molar-refractivity contribution in [1.82, 2.24) is 29.0 Å². The first-order valence-electron chi connectivity index (χ1n) is 11.5. The number of aromatic nitrogens is 4. The molecule has 0 N–H and O–H groups in total. The minimum absolute atomic E-state index is 0.0835. The van der Waals surface area contributed by atoms with Gasteiger partial charge in [-0.3, -0.25) is 23.6 Å². The Hall–Kier alpha value is -3.27. The maximum Gasteiger partial charge on any atom is 0.327 e. The third-order valence-electron chi connectivity index (χ3n) is 6.69. The molecule has 4 aromatic rings. The number of aryl methyl sites for hydroxylation is 2. The van der Waals surface area contributed by atoms with Crippen molar-refractivity contribution in [3.8, 4) is 0 Å². The Kier molecular flexibility index (Phi) is 6.31. The molecule has 1 saturated heterocycles. The lowest BCUT2D eigenvalue weighted by molar-refractivity contribution is -0.148. The number of ether oxygens (including phenoxy) is 1. The molecule has 1 fully saturated rings. The first kappa shape index (κ1) is 23.5. The zero-order valence-corrected chi connectivity index (χ0v) is 20.7. The molecule has 0 bridgehead atoms. The van der Waals surface area contributed by atoms with Gasteiger partial charge in [0.05, 0.1) is 24.6 Å². The highest BCUT2D eigenvalue weighted by atomic mass is 35.5. The number of rotatable bonds is 5. The van der Waals surface area contributed by atoms with E-state index in [1.807, 2.05) is 41.7 Å². The summed E-state index contributed by atoms with van der Waals surface area (Å²) in [6.07, 6.45) is 0. The van der Waals surface area contributed by atoms with Gasteiger partial charge in [0.1, 0.15) is 6.04 Å². The predicted octanol–water partition coefficient (Wildman–Crippen LogP) is 2.57. The largest absolute Gasteiger partial charge is 0.468 e. The maximum absolute atomic E-state index is 12.8. The van der Waals surface area contributed by atoms with E-state index >= 15 is 0 Å². The van der Waals surface area contributed by atoms with E-state index in [9.17, 15) is 9.59 Å². The Bertz CT molecular complexity index is 1450. The lowest BCUT2D eigenvalue weighted by atomic mass is 10.0. The van der Waals surface area contributed by atoms with Gasteiger partial charge in [-0.2, -0.15) is 0 Å². The smallest absolute Gasteiger partial charge is 0.327 e. The number of esters is 1. The average molecular weight is 495 g/mol. The van der Waals surface area contributed by atoms with Gasteiger partial charge < -0.3 is 4.74 Å². The van der Waals surface area contributed by atoms with Crippen molar-refractivity contribution in [3.05, 3.63) is 74.8 Å². The highest BCUT2D eigenvalue weighted by Gasteiger charge is 2.31. The molecule has 2 aromatic carbocycles. The van der Waals surface area contributed by atoms with Crippen molar-refractivity contribution in [2.24, 2.45) is 7.05 Å². The van der Waals surface area contributed by atoms with Crippen molar-refractivity contribution in [2.75, 3.05) is 33.3 Å². The standard InChI is InChI=1S/C25H27ClN6O3/c1-16-4-9-20-19(14-16)23(33)29(2)25-28-27-21(32(20)25)15-30-10-12-31(13-11-30)22(24(34)35-3)17-5-7-18(26)8-6-17/h4-9,14,22H,10-13,15H2,1-3H3. The molecular formula is C25H27ClN6O3. The average Bonchev–Trinajstić information content (AvgIpc) is 3.28. The molecule has 0 spiro atoms. The summed E-state index contributed by atoms with van der Waals surface area (Å²) in [7, 11) is 3.14. The van der Waals surface area contributed by atoms with Gasteiger partial charge in [0, 0.05) is 38.2 Å². The number of benzene rings is 2. The fraction of sp³-hybridized carbons (Fsp3) is 0.360. The van der Waals surface area contributed by atoms with Crippen molar-refractivity contribution in [2.45, 2.75) is 19.5 Å². The Labute approximate surface area is 207 Å². The Morgan fingerprint density at radius 2 is 1.80 bits per heavy atom. The van der Waals surface area contributed by atoms with Gasteiger partial charge in [0.15, 0.2) is 5.82 Å². The number of carbonyl (C=O) groups excluding carboxylic acids is 1. The number of piperazine rings is 1. The van der Waals surface area contributed by atoms with Crippen LogP contribution in [-0.4, -0.2) is 68.2 Å². The maximum atomic E-state index is 12.8. The van der Waals surface area contributed by atoms with Crippen molar-refractivity contribution in [1.29, 1.82) is 0 Å². The summed E-state index contributed by atoms with van der Waals surface area (Å²) in [5, 5.41) is 10.0. The number of methoxy groups -OCH3 is 1. The van der Waals surface area contributed by atoms with E-state index < -0.39 is 6.04 Å². The van der Waals surface area contributed by atoms with Gasteiger partial charge in [-0.25, -0.2) is 4.79 Å². The zero-order valence-electron chi connectivity index (χ0n) is 19.9. The second-order valence-corrected chi connectivity index (χ2v) is 9.36. The van der Waals surface area contributed by atoms with Gasteiger partial charge in [0.2, 0.25) is 5.78 Å². The fourth-order valence-corrected chi connectivity index (χ4v) is 4.92. The van der Waals surface area contributed by atoms with Crippen LogP contribution in [0.3, 0.4) is 0 Å². The molecule has 0 amide bonds. The monoisotopic (exact) mass is 494 g/mol. The van der Waals surface area contributed by atoms with Crippen LogP contribution < -0.4 is 5.56 Å². The molecule has 1 atom stereocenters. The van der Waals surface area contributed by atoms with Gasteiger partial charge in [-0.1, -0.05) is 35.4 Å². The van der Waals surface area contributed by atoms with Gasteiger partial charge >= 0.3 is 5.97 Å². The molecule has 3 heterocycles. The first-order valence-corrected chi connectivity index (χ1v) is 11.9. The van der Waals surface area contributed by atoms with Gasteiger partial charge in [-0.05, 0) is 36.8 Å². The van der Waals surface area contributed by atoms with E-state index in [4.69, 9.17) is 16.3 Å². The van der Waals surface area contributed by atoms with Crippen molar-refractivity contribution < 1.29 is 9.53 Å². The Morgan fingerprint density at radius 1 is 1.09 bits per heavy atom. The van der Waals surface area contributed by atoms with E-state index in [0.717, 1.165) is 35.6 Å². The van der Waals surface area contributed by atoms with E-state index in [-0.39, 0.29) is 11.5 Å². The molecule has 10 heteroatoms. The normalized spacial score (nSPS) is 16.1. The van der Waals surface area contributed by atoms with E-state index in [1.54, 1.807) is 23.7 Å². The molecule has 5 rings (SSSR count). The lowest BCUT2D eigenvalue weighted by Crippen LogP contribution is -2.49. The Morgan fingerprint density at radius 3 is 2.49 bits per heavy atom. The fourth-order valence-electron chi connectivity index (χ4n) is 4.79. The van der Waals surface area contributed by atoms with Crippen LogP contribution in [0, 0.1) is 6.92 Å². The molecule has 1 aliphatic rings. The molecule has 2 aromatic heterocycles. The van der Waals surface area contributed by atoms with E-state index in [1.165, 1.54) is 7.11 Å². The predicted molar refractivity (Wildman–Crippen MR) is 134 cm³/mol.